The molecule has 0 spiro atoms. The third kappa shape index (κ3) is 7.85. The van der Waals surface area contributed by atoms with Gasteiger partial charge in [-0.2, -0.15) is 18.6 Å². The van der Waals surface area contributed by atoms with Crippen molar-refractivity contribution in [1.29, 1.82) is 0 Å². The SMILES string of the molecule is OOCOc1cc(OCOO)cc(-c2ccc(-c3ccc(C4CCC(CCC=C(F)F)CC4)cc3)cc2)c1. The van der Waals surface area contributed by atoms with Gasteiger partial charge in [-0.1, -0.05) is 48.5 Å². The molecule has 8 heteroatoms. The molecule has 1 aliphatic rings. The smallest absolute Gasteiger partial charge is 0.266 e. The fourth-order valence-corrected chi connectivity index (χ4v) is 5.11. The molecule has 1 saturated carbocycles. The van der Waals surface area contributed by atoms with Crippen LogP contribution in [0.5, 0.6) is 11.5 Å². The second kappa shape index (κ2) is 14.0. The molecule has 0 aromatic heterocycles. The topological polar surface area (TPSA) is 77.4 Å². The van der Waals surface area contributed by atoms with Gasteiger partial charge in [0.2, 0.25) is 13.6 Å². The van der Waals surface area contributed by atoms with E-state index in [4.69, 9.17) is 20.0 Å². The molecule has 3 aromatic carbocycles. The maximum Gasteiger partial charge on any atom is 0.266 e. The van der Waals surface area contributed by atoms with E-state index in [0.717, 1.165) is 60.4 Å². The minimum Gasteiger partial charge on any atom is -0.465 e. The summed E-state index contributed by atoms with van der Waals surface area (Å²) in [5.41, 5.74) is 5.29. The van der Waals surface area contributed by atoms with E-state index < -0.39 is 6.08 Å². The molecule has 0 aliphatic heterocycles. The number of hydrogen-bond donors (Lipinski definition) is 2. The zero-order valence-corrected chi connectivity index (χ0v) is 21.0. The van der Waals surface area contributed by atoms with E-state index in [1.807, 2.05) is 24.3 Å². The molecule has 0 bridgehead atoms. The van der Waals surface area contributed by atoms with Gasteiger partial charge in [0.1, 0.15) is 11.5 Å². The van der Waals surface area contributed by atoms with Gasteiger partial charge in [-0.3, -0.25) is 0 Å². The van der Waals surface area contributed by atoms with Gasteiger partial charge in [-0.25, -0.2) is 10.5 Å². The summed E-state index contributed by atoms with van der Waals surface area (Å²) in [6.07, 6.45) is 5.17. The molecule has 0 atom stereocenters. The van der Waals surface area contributed by atoms with Crippen molar-refractivity contribution in [1.82, 2.24) is 0 Å². The van der Waals surface area contributed by atoms with Crippen molar-refractivity contribution in [3.8, 4) is 33.8 Å². The fraction of sp³-hybridized carbons (Fsp3) is 0.333. The molecule has 38 heavy (non-hydrogen) atoms. The van der Waals surface area contributed by atoms with Crippen molar-refractivity contribution in [3.05, 3.63) is 84.5 Å². The Balaban J connectivity index is 1.40. The molecule has 4 rings (SSSR count). The maximum atomic E-state index is 12.3. The van der Waals surface area contributed by atoms with Gasteiger partial charge in [0.25, 0.3) is 6.08 Å². The van der Waals surface area contributed by atoms with Crippen LogP contribution >= 0.6 is 0 Å². The normalized spacial score (nSPS) is 17.2. The summed E-state index contributed by atoms with van der Waals surface area (Å²) >= 11 is 0. The zero-order valence-electron chi connectivity index (χ0n) is 21.0. The molecule has 1 aliphatic carbocycles. The van der Waals surface area contributed by atoms with Crippen molar-refractivity contribution in [3.63, 3.8) is 0 Å². The number of rotatable bonds is 12. The molecule has 0 amide bonds. The molecule has 202 valence electrons. The molecule has 0 heterocycles. The van der Waals surface area contributed by atoms with E-state index in [2.05, 4.69) is 34.0 Å². The van der Waals surface area contributed by atoms with Crippen LogP contribution in [-0.2, 0) is 9.78 Å². The highest BCUT2D eigenvalue weighted by Gasteiger charge is 2.22. The summed E-state index contributed by atoms with van der Waals surface area (Å²) in [7, 11) is 0. The highest BCUT2D eigenvalue weighted by molar-refractivity contribution is 5.72. The van der Waals surface area contributed by atoms with Crippen LogP contribution in [0.3, 0.4) is 0 Å². The second-order valence-corrected chi connectivity index (χ2v) is 9.46. The van der Waals surface area contributed by atoms with E-state index in [1.165, 1.54) is 5.56 Å². The molecule has 2 N–H and O–H groups in total. The van der Waals surface area contributed by atoms with Gasteiger partial charge in [0.15, 0.2) is 0 Å². The summed E-state index contributed by atoms with van der Waals surface area (Å²) in [5, 5.41) is 17.2. The Bertz CT molecular complexity index is 1140. The van der Waals surface area contributed by atoms with Crippen molar-refractivity contribution in [2.45, 2.75) is 44.4 Å². The Morgan fingerprint density at radius 1 is 0.711 bits per heavy atom. The predicted octanol–water partition coefficient (Wildman–Crippen LogP) is 8.51. The molecule has 0 saturated heterocycles. The lowest BCUT2D eigenvalue weighted by Crippen LogP contribution is -2.13. The average Bonchev–Trinajstić information content (AvgIpc) is 2.95. The number of allylic oxidation sites excluding steroid dienone is 1. The van der Waals surface area contributed by atoms with Gasteiger partial charge >= 0.3 is 0 Å². The van der Waals surface area contributed by atoms with Gasteiger partial charge < -0.3 is 9.47 Å². The number of benzene rings is 3. The number of hydrogen-bond acceptors (Lipinski definition) is 6. The Morgan fingerprint density at radius 3 is 1.71 bits per heavy atom. The van der Waals surface area contributed by atoms with E-state index in [-0.39, 0.29) is 13.6 Å². The zero-order chi connectivity index (χ0) is 26.7. The van der Waals surface area contributed by atoms with Gasteiger partial charge in [0, 0.05) is 6.07 Å². The van der Waals surface area contributed by atoms with E-state index >= 15 is 0 Å². The Hall–Kier alpha value is -3.30. The van der Waals surface area contributed by atoms with Crippen LogP contribution in [0.25, 0.3) is 22.3 Å². The Labute approximate surface area is 220 Å². The van der Waals surface area contributed by atoms with Crippen molar-refractivity contribution in [2.75, 3.05) is 13.6 Å². The van der Waals surface area contributed by atoms with Crippen LogP contribution in [0.1, 0.15) is 50.0 Å². The summed E-state index contributed by atoms with van der Waals surface area (Å²) in [6.45, 7) is -0.676. The molecule has 6 nitrogen and oxygen atoms in total. The summed E-state index contributed by atoms with van der Waals surface area (Å²) < 4.78 is 35.2. The van der Waals surface area contributed by atoms with Gasteiger partial charge in [-0.15, -0.1) is 0 Å². The third-order valence-corrected chi connectivity index (χ3v) is 7.09. The summed E-state index contributed by atoms with van der Waals surface area (Å²) in [4.78, 5) is 8.00. The highest BCUT2D eigenvalue weighted by atomic mass is 19.3. The first-order chi connectivity index (χ1) is 18.6. The second-order valence-electron chi connectivity index (χ2n) is 9.46. The first-order valence-electron chi connectivity index (χ1n) is 12.7. The molecule has 3 aromatic rings. The first kappa shape index (κ1) is 27.7. The van der Waals surface area contributed by atoms with E-state index in [0.29, 0.717) is 29.8 Å². The molecule has 1 fully saturated rings. The lowest BCUT2D eigenvalue weighted by Gasteiger charge is -2.28. The van der Waals surface area contributed by atoms with E-state index in [9.17, 15) is 8.78 Å². The third-order valence-electron chi connectivity index (χ3n) is 7.09. The highest BCUT2D eigenvalue weighted by Crippen LogP contribution is 2.38. The quantitative estimate of drug-likeness (QED) is 0.140. The molecular weight excluding hydrogens is 494 g/mol. The van der Waals surface area contributed by atoms with Crippen LogP contribution in [0, 0.1) is 5.92 Å². The van der Waals surface area contributed by atoms with Crippen molar-refractivity contribution >= 4 is 0 Å². The van der Waals surface area contributed by atoms with Crippen LogP contribution in [-0.4, -0.2) is 24.1 Å². The van der Waals surface area contributed by atoms with Crippen LogP contribution in [0.2, 0.25) is 0 Å². The maximum absolute atomic E-state index is 12.3. The predicted molar refractivity (Wildman–Crippen MR) is 140 cm³/mol. The fourth-order valence-electron chi connectivity index (χ4n) is 5.11. The van der Waals surface area contributed by atoms with Crippen LogP contribution in [0.15, 0.2) is 78.9 Å². The number of halogens is 2. The van der Waals surface area contributed by atoms with Crippen LogP contribution in [0.4, 0.5) is 8.78 Å². The van der Waals surface area contributed by atoms with Crippen molar-refractivity contribution in [2.24, 2.45) is 5.92 Å². The minimum absolute atomic E-state index is 0.338. The Kier molecular flexibility index (Phi) is 10.2. The summed E-state index contributed by atoms with van der Waals surface area (Å²) in [5.74, 6) is 1.91. The first-order valence-corrected chi connectivity index (χ1v) is 12.7. The average molecular weight is 527 g/mol. The molecular formula is C30H32F2O6. The van der Waals surface area contributed by atoms with E-state index in [1.54, 1.807) is 18.2 Å². The van der Waals surface area contributed by atoms with Crippen LogP contribution < -0.4 is 9.47 Å². The number of ether oxygens (including phenoxy) is 2. The molecule has 0 unspecified atom stereocenters. The molecule has 0 radical (unpaired) electrons. The van der Waals surface area contributed by atoms with Crippen molar-refractivity contribution < 1.29 is 38.5 Å². The lowest BCUT2D eigenvalue weighted by atomic mass is 9.77. The lowest BCUT2D eigenvalue weighted by molar-refractivity contribution is -0.279. The largest absolute Gasteiger partial charge is 0.465 e. The summed E-state index contributed by atoms with van der Waals surface area (Å²) in [6, 6.07) is 22.0. The monoisotopic (exact) mass is 526 g/mol. The Morgan fingerprint density at radius 2 is 1.21 bits per heavy atom. The van der Waals surface area contributed by atoms with Gasteiger partial charge in [0.05, 0.1) is 0 Å². The van der Waals surface area contributed by atoms with Gasteiger partial charge in [-0.05, 0) is 96.4 Å². The standard InChI is InChI=1S/C30H32F2O6/c31-30(32)3-1-2-21-4-6-22(7-5-21)23-8-10-24(11-9-23)25-12-14-26(15-13-25)27-16-28(35-19-37-33)18-29(17-27)36-20-38-34/h3,8-18,21-22,33-34H,1-2,4-7,19-20H2. The minimum atomic E-state index is -1.57.